The van der Waals surface area contributed by atoms with Gasteiger partial charge in [-0.2, -0.15) is 0 Å². The van der Waals surface area contributed by atoms with Gasteiger partial charge in [0.15, 0.2) is 5.82 Å². The minimum Gasteiger partial charge on any atom is -0.497 e. The Bertz CT molecular complexity index is 561. The van der Waals surface area contributed by atoms with Gasteiger partial charge >= 0.3 is 0 Å². The summed E-state index contributed by atoms with van der Waals surface area (Å²) in [6, 6.07) is 7.85. The first-order valence-corrected chi connectivity index (χ1v) is 7.60. The molecule has 2 aromatic rings. The average molecular weight is 288 g/mol. The molecule has 1 heterocycles. The number of hydrogen-bond donors (Lipinski definition) is 1. The minimum atomic E-state index is 0.367. The first kappa shape index (κ1) is 15.4. The van der Waals surface area contributed by atoms with Crippen LogP contribution < -0.4 is 10.5 Å². The van der Waals surface area contributed by atoms with E-state index in [0.717, 1.165) is 35.5 Å². The summed E-state index contributed by atoms with van der Waals surface area (Å²) in [7, 11) is 1.66. The van der Waals surface area contributed by atoms with Crippen molar-refractivity contribution in [3.8, 4) is 16.9 Å². The third-order valence-electron chi connectivity index (χ3n) is 3.89. The molecule has 0 saturated heterocycles. The first-order chi connectivity index (χ1) is 10.2. The summed E-state index contributed by atoms with van der Waals surface area (Å²) < 4.78 is 10.7. The lowest BCUT2D eigenvalue weighted by atomic mass is 9.91. The van der Waals surface area contributed by atoms with Gasteiger partial charge in [0.25, 0.3) is 0 Å². The second-order valence-corrected chi connectivity index (χ2v) is 5.28. The van der Waals surface area contributed by atoms with Gasteiger partial charge in [-0.3, -0.25) is 0 Å². The van der Waals surface area contributed by atoms with Crippen LogP contribution in [0.2, 0.25) is 0 Å². The molecule has 114 valence electrons. The van der Waals surface area contributed by atoms with E-state index in [9.17, 15) is 0 Å². The fourth-order valence-corrected chi connectivity index (χ4v) is 2.61. The van der Waals surface area contributed by atoms with Crippen molar-refractivity contribution in [2.24, 2.45) is 0 Å². The number of nitrogen functional groups attached to an aromatic ring is 1. The van der Waals surface area contributed by atoms with E-state index < -0.39 is 0 Å². The largest absolute Gasteiger partial charge is 0.497 e. The number of hydrogen-bond acceptors (Lipinski definition) is 4. The maximum Gasteiger partial charge on any atom is 0.175 e. The number of methoxy groups -OCH3 is 1. The highest BCUT2D eigenvalue weighted by Crippen LogP contribution is 2.38. The van der Waals surface area contributed by atoms with Crippen molar-refractivity contribution in [1.82, 2.24) is 5.16 Å². The van der Waals surface area contributed by atoms with Crippen molar-refractivity contribution in [3.63, 3.8) is 0 Å². The summed E-state index contributed by atoms with van der Waals surface area (Å²) in [4.78, 5) is 0. The number of anilines is 1. The molecule has 0 spiro atoms. The lowest BCUT2D eigenvalue weighted by Gasteiger charge is -2.13. The van der Waals surface area contributed by atoms with E-state index in [2.05, 4.69) is 19.0 Å². The van der Waals surface area contributed by atoms with E-state index in [0.29, 0.717) is 11.7 Å². The predicted molar refractivity (Wildman–Crippen MR) is 85.5 cm³/mol. The quantitative estimate of drug-likeness (QED) is 0.807. The Hall–Kier alpha value is -1.97. The molecule has 0 aliphatic rings. The van der Waals surface area contributed by atoms with Crippen LogP contribution in [0.4, 0.5) is 5.82 Å². The highest BCUT2D eigenvalue weighted by molar-refractivity contribution is 5.76. The van der Waals surface area contributed by atoms with Crippen molar-refractivity contribution < 1.29 is 9.26 Å². The maximum absolute atomic E-state index is 6.03. The van der Waals surface area contributed by atoms with Gasteiger partial charge in [0.2, 0.25) is 0 Å². The van der Waals surface area contributed by atoms with Gasteiger partial charge in [0.1, 0.15) is 11.5 Å². The number of ether oxygens (including phenoxy) is 1. The van der Waals surface area contributed by atoms with Crippen LogP contribution in [-0.2, 0) is 0 Å². The summed E-state index contributed by atoms with van der Waals surface area (Å²) >= 11 is 0. The summed E-state index contributed by atoms with van der Waals surface area (Å²) in [6.07, 6.45) is 4.49. The van der Waals surface area contributed by atoms with E-state index >= 15 is 0 Å². The van der Waals surface area contributed by atoms with Crippen molar-refractivity contribution in [2.75, 3.05) is 12.8 Å². The Kier molecular flexibility index (Phi) is 5.26. The van der Waals surface area contributed by atoms with Crippen molar-refractivity contribution in [1.29, 1.82) is 0 Å². The van der Waals surface area contributed by atoms with Crippen LogP contribution in [0, 0.1) is 0 Å². The van der Waals surface area contributed by atoms with Crippen LogP contribution in [0.15, 0.2) is 28.8 Å². The van der Waals surface area contributed by atoms with Crippen LogP contribution in [0.25, 0.3) is 11.1 Å². The molecule has 0 radical (unpaired) electrons. The fourth-order valence-electron chi connectivity index (χ4n) is 2.61. The second-order valence-electron chi connectivity index (χ2n) is 5.28. The molecule has 0 bridgehead atoms. The first-order valence-electron chi connectivity index (χ1n) is 7.60. The van der Waals surface area contributed by atoms with Gasteiger partial charge < -0.3 is 15.0 Å². The number of nitrogens with zero attached hydrogens (tertiary/aromatic N) is 1. The van der Waals surface area contributed by atoms with Crippen LogP contribution >= 0.6 is 0 Å². The Morgan fingerprint density at radius 2 is 1.95 bits per heavy atom. The number of nitrogens with two attached hydrogens (primary N) is 1. The lowest BCUT2D eigenvalue weighted by molar-refractivity contribution is 0.349. The molecule has 2 rings (SSSR count). The Labute approximate surface area is 126 Å². The number of aromatic nitrogens is 1. The zero-order valence-corrected chi connectivity index (χ0v) is 13.1. The molecule has 21 heavy (non-hydrogen) atoms. The molecule has 0 amide bonds. The average Bonchev–Trinajstić information content (AvgIpc) is 2.90. The minimum absolute atomic E-state index is 0.367. The van der Waals surface area contributed by atoms with Crippen molar-refractivity contribution >= 4 is 5.82 Å². The molecule has 1 atom stereocenters. The summed E-state index contributed by atoms with van der Waals surface area (Å²) in [5, 5.41) is 3.98. The third-order valence-corrected chi connectivity index (χ3v) is 3.89. The van der Waals surface area contributed by atoms with E-state index in [-0.39, 0.29) is 0 Å². The van der Waals surface area contributed by atoms with E-state index in [1.807, 2.05) is 24.3 Å². The Morgan fingerprint density at radius 3 is 2.52 bits per heavy atom. The van der Waals surface area contributed by atoms with Gasteiger partial charge in [0, 0.05) is 5.92 Å². The highest BCUT2D eigenvalue weighted by atomic mass is 16.5. The molecule has 1 aromatic carbocycles. The number of unbranched alkanes of at least 4 members (excludes halogenated alkanes) is 1. The van der Waals surface area contributed by atoms with E-state index in [1.165, 1.54) is 12.8 Å². The maximum atomic E-state index is 6.03. The predicted octanol–water partition coefficient (Wildman–Crippen LogP) is 4.62. The van der Waals surface area contributed by atoms with Gasteiger partial charge in [0.05, 0.1) is 12.7 Å². The molecular formula is C17H24N2O2. The topological polar surface area (TPSA) is 61.3 Å². The summed E-state index contributed by atoms with van der Waals surface area (Å²) in [6.45, 7) is 4.38. The lowest BCUT2D eigenvalue weighted by Crippen LogP contribution is -1.99. The van der Waals surface area contributed by atoms with E-state index in [4.69, 9.17) is 15.0 Å². The van der Waals surface area contributed by atoms with Crippen LogP contribution in [0.3, 0.4) is 0 Å². The molecule has 4 nitrogen and oxygen atoms in total. The molecule has 1 aromatic heterocycles. The molecule has 0 fully saturated rings. The van der Waals surface area contributed by atoms with Gasteiger partial charge in [-0.1, -0.05) is 44.0 Å². The van der Waals surface area contributed by atoms with Gasteiger partial charge in [-0.15, -0.1) is 0 Å². The Balaban J connectivity index is 2.35. The van der Waals surface area contributed by atoms with Crippen LogP contribution in [-0.4, -0.2) is 12.3 Å². The molecular weight excluding hydrogens is 264 g/mol. The summed E-state index contributed by atoms with van der Waals surface area (Å²) in [5.74, 6) is 2.57. The number of benzene rings is 1. The Morgan fingerprint density at radius 1 is 1.24 bits per heavy atom. The third kappa shape index (κ3) is 3.38. The summed E-state index contributed by atoms with van der Waals surface area (Å²) in [5.41, 5.74) is 7.99. The molecule has 0 aliphatic carbocycles. The van der Waals surface area contributed by atoms with Crippen molar-refractivity contribution in [2.45, 2.75) is 45.4 Å². The molecule has 0 saturated carbocycles. The van der Waals surface area contributed by atoms with Gasteiger partial charge in [-0.25, -0.2) is 0 Å². The molecule has 2 N–H and O–H groups in total. The zero-order chi connectivity index (χ0) is 15.2. The smallest absolute Gasteiger partial charge is 0.175 e. The monoisotopic (exact) mass is 288 g/mol. The highest BCUT2D eigenvalue weighted by Gasteiger charge is 2.22. The van der Waals surface area contributed by atoms with E-state index in [1.54, 1.807) is 7.11 Å². The fraction of sp³-hybridized carbons (Fsp3) is 0.471. The standard InChI is InChI=1S/C17H24N2O2/c1-4-6-7-12(5-2)16-15(17(18)19-21-16)13-8-10-14(20-3)11-9-13/h8-12H,4-7H2,1-3H3,(H2,18,19). The molecule has 1 unspecified atom stereocenters. The molecule has 4 heteroatoms. The van der Waals surface area contributed by atoms with Crippen LogP contribution in [0.1, 0.15) is 51.2 Å². The molecule has 0 aliphatic heterocycles. The normalized spacial score (nSPS) is 12.3. The SMILES string of the molecule is CCCCC(CC)c1onc(N)c1-c1ccc(OC)cc1. The second kappa shape index (κ2) is 7.16. The van der Waals surface area contributed by atoms with Crippen LogP contribution in [0.5, 0.6) is 5.75 Å². The number of rotatable bonds is 7. The zero-order valence-electron chi connectivity index (χ0n) is 13.1. The van der Waals surface area contributed by atoms with Crippen molar-refractivity contribution in [3.05, 3.63) is 30.0 Å². The van der Waals surface area contributed by atoms with Gasteiger partial charge in [-0.05, 0) is 30.5 Å².